The summed E-state index contributed by atoms with van der Waals surface area (Å²) >= 11 is 0. The van der Waals surface area contributed by atoms with Crippen LogP contribution in [0.15, 0.2) is 36.7 Å². The quantitative estimate of drug-likeness (QED) is 0.871. The maximum atomic E-state index is 11.7. The first-order chi connectivity index (χ1) is 9.83. The Morgan fingerprint density at radius 1 is 1.25 bits per heavy atom. The van der Waals surface area contributed by atoms with E-state index in [0.717, 1.165) is 37.6 Å². The summed E-state index contributed by atoms with van der Waals surface area (Å²) in [6, 6.07) is 8.17. The van der Waals surface area contributed by atoms with E-state index in [-0.39, 0.29) is 5.91 Å². The Bertz CT molecular complexity index is 562. The second-order valence-electron chi connectivity index (χ2n) is 4.95. The summed E-state index contributed by atoms with van der Waals surface area (Å²) in [6.07, 6.45) is 5.20. The summed E-state index contributed by atoms with van der Waals surface area (Å²) in [6.45, 7) is 2.35. The van der Waals surface area contributed by atoms with E-state index in [1.54, 1.807) is 6.20 Å². The summed E-state index contributed by atoms with van der Waals surface area (Å²) in [5.74, 6) is 1.16. The average Bonchev–Trinajstić information content (AvgIpc) is 3.11. The van der Waals surface area contributed by atoms with E-state index < -0.39 is 0 Å². The van der Waals surface area contributed by atoms with Gasteiger partial charge in [-0.2, -0.15) is 0 Å². The van der Waals surface area contributed by atoms with Gasteiger partial charge in [0, 0.05) is 37.6 Å². The number of aromatic amines is 1. The maximum absolute atomic E-state index is 11.7. The van der Waals surface area contributed by atoms with E-state index in [0.29, 0.717) is 6.42 Å². The Kier molecular flexibility index (Phi) is 3.78. The molecular weight excluding hydrogens is 252 g/mol. The van der Waals surface area contributed by atoms with Crippen molar-refractivity contribution in [2.75, 3.05) is 11.4 Å². The standard InChI is InChI=1S/C15H18N4O/c20-15-2-1-9-19(15)13-5-3-12(4-6-13)10-16-11-14-17-7-8-18-14/h3-8,16H,1-2,9-11H2,(H,17,18). The van der Waals surface area contributed by atoms with Gasteiger partial charge in [0.25, 0.3) is 0 Å². The summed E-state index contributed by atoms with van der Waals surface area (Å²) in [5.41, 5.74) is 2.20. The molecule has 1 aliphatic rings. The Hall–Kier alpha value is -2.14. The molecule has 0 spiro atoms. The number of carbonyl (C=O) groups is 1. The predicted octanol–water partition coefficient (Wildman–Crippen LogP) is 1.83. The van der Waals surface area contributed by atoms with E-state index in [2.05, 4.69) is 27.4 Å². The highest BCUT2D eigenvalue weighted by Crippen LogP contribution is 2.21. The van der Waals surface area contributed by atoms with Crippen molar-refractivity contribution >= 4 is 11.6 Å². The number of H-pyrrole nitrogens is 1. The number of carbonyl (C=O) groups excluding carboxylic acids is 1. The molecule has 104 valence electrons. The Labute approximate surface area is 118 Å². The highest BCUT2D eigenvalue weighted by molar-refractivity contribution is 5.95. The number of rotatable bonds is 5. The lowest BCUT2D eigenvalue weighted by atomic mass is 10.2. The lowest BCUT2D eigenvalue weighted by molar-refractivity contribution is -0.117. The zero-order valence-corrected chi connectivity index (χ0v) is 11.3. The first kappa shape index (κ1) is 12.9. The topological polar surface area (TPSA) is 61.0 Å². The van der Waals surface area contributed by atoms with Crippen molar-refractivity contribution in [1.82, 2.24) is 15.3 Å². The van der Waals surface area contributed by atoms with Crippen LogP contribution in [0.1, 0.15) is 24.2 Å². The molecule has 0 atom stereocenters. The fourth-order valence-corrected chi connectivity index (χ4v) is 2.43. The van der Waals surface area contributed by atoms with Crippen molar-refractivity contribution in [3.63, 3.8) is 0 Å². The summed E-state index contributed by atoms with van der Waals surface area (Å²) in [4.78, 5) is 20.7. The van der Waals surface area contributed by atoms with Gasteiger partial charge in [-0.25, -0.2) is 4.98 Å². The van der Waals surface area contributed by atoms with E-state index in [9.17, 15) is 4.79 Å². The molecule has 2 N–H and O–H groups in total. The van der Waals surface area contributed by atoms with Gasteiger partial charge < -0.3 is 15.2 Å². The van der Waals surface area contributed by atoms with Gasteiger partial charge in [0.1, 0.15) is 5.82 Å². The number of nitrogens with one attached hydrogen (secondary N) is 2. The molecule has 1 amide bonds. The molecule has 5 nitrogen and oxygen atoms in total. The largest absolute Gasteiger partial charge is 0.348 e. The van der Waals surface area contributed by atoms with Crippen LogP contribution in [-0.2, 0) is 17.9 Å². The van der Waals surface area contributed by atoms with Crippen molar-refractivity contribution in [2.24, 2.45) is 0 Å². The molecule has 0 radical (unpaired) electrons. The number of hydrogen-bond acceptors (Lipinski definition) is 3. The van der Waals surface area contributed by atoms with Crippen LogP contribution in [0, 0.1) is 0 Å². The first-order valence-electron chi connectivity index (χ1n) is 6.91. The number of hydrogen-bond donors (Lipinski definition) is 2. The second-order valence-corrected chi connectivity index (χ2v) is 4.95. The number of nitrogens with zero attached hydrogens (tertiary/aromatic N) is 2. The minimum absolute atomic E-state index is 0.230. The van der Waals surface area contributed by atoms with Crippen LogP contribution in [0.5, 0.6) is 0 Å². The van der Waals surface area contributed by atoms with Gasteiger partial charge >= 0.3 is 0 Å². The minimum Gasteiger partial charge on any atom is -0.348 e. The van der Waals surface area contributed by atoms with Gasteiger partial charge in [-0.1, -0.05) is 12.1 Å². The number of amides is 1. The second kappa shape index (κ2) is 5.88. The molecule has 1 aliphatic heterocycles. The van der Waals surface area contributed by atoms with Crippen molar-refractivity contribution in [3.05, 3.63) is 48.0 Å². The first-order valence-corrected chi connectivity index (χ1v) is 6.91. The highest BCUT2D eigenvalue weighted by Gasteiger charge is 2.21. The van der Waals surface area contributed by atoms with Crippen LogP contribution in [0.2, 0.25) is 0 Å². The average molecular weight is 270 g/mol. The molecule has 2 heterocycles. The lowest BCUT2D eigenvalue weighted by Crippen LogP contribution is -2.23. The van der Waals surface area contributed by atoms with Gasteiger partial charge in [0.2, 0.25) is 5.91 Å². The van der Waals surface area contributed by atoms with Crippen LogP contribution in [0.4, 0.5) is 5.69 Å². The molecule has 20 heavy (non-hydrogen) atoms. The van der Waals surface area contributed by atoms with Crippen LogP contribution in [-0.4, -0.2) is 22.4 Å². The zero-order valence-electron chi connectivity index (χ0n) is 11.3. The van der Waals surface area contributed by atoms with Crippen molar-refractivity contribution in [1.29, 1.82) is 0 Å². The zero-order chi connectivity index (χ0) is 13.8. The molecule has 3 rings (SSSR count). The molecular formula is C15H18N4O. The molecule has 0 aliphatic carbocycles. The Morgan fingerprint density at radius 2 is 2.10 bits per heavy atom. The monoisotopic (exact) mass is 270 g/mol. The Balaban J connectivity index is 1.54. The molecule has 1 aromatic carbocycles. The molecule has 5 heteroatoms. The SMILES string of the molecule is O=C1CCCN1c1ccc(CNCc2ncc[nH]2)cc1. The van der Waals surface area contributed by atoms with E-state index in [1.165, 1.54) is 5.56 Å². The van der Waals surface area contributed by atoms with Gasteiger partial charge in [0.05, 0.1) is 6.54 Å². The number of imidazole rings is 1. The molecule has 2 aromatic rings. The van der Waals surface area contributed by atoms with Gasteiger partial charge in [0.15, 0.2) is 0 Å². The number of aromatic nitrogens is 2. The molecule has 0 bridgehead atoms. The van der Waals surface area contributed by atoms with Crippen molar-refractivity contribution in [2.45, 2.75) is 25.9 Å². The van der Waals surface area contributed by atoms with E-state index in [1.807, 2.05) is 23.2 Å². The molecule has 1 fully saturated rings. The molecule has 0 unspecified atom stereocenters. The number of benzene rings is 1. The molecule has 1 saturated heterocycles. The third-order valence-electron chi connectivity index (χ3n) is 3.50. The summed E-state index contributed by atoms with van der Waals surface area (Å²) < 4.78 is 0. The van der Waals surface area contributed by atoms with Crippen LogP contribution >= 0.6 is 0 Å². The van der Waals surface area contributed by atoms with E-state index >= 15 is 0 Å². The molecule has 0 saturated carbocycles. The fraction of sp³-hybridized carbons (Fsp3) is 0.333. The van der Waals surface area contributed by atoms with Crippen LogP contribution < -0.4 is 10.2 Å². The molecule has 1 aromatic heterocycles. The fourth-order valence-electron chi connectivity index (χ4n) is 2.43. The normalized spacial score (nSPS) is 15.0. The van der Waals surface area contributed by atoms with Gasteiger partial charge in [-0.3, -0.25) is 4.79 Å². The predicted molar refractivity (Wildman–Crippen MR) is 77.2 cm³/mol. The summed E-state index contributed by atoms with van der Waals surface area (Å²) in [7, 11) is 0. The summed E-state index contributed by atoms with van der Waals surface area (Å²) in [5, 5.41) is 3.33. The van der Waals surface area contributed by atoms with Crippen LogP contribution in [0.25, 0.3) is 0 Å². The van der Waals surface area contributed by atoms with Crippen LogP contribution in [0.3, 0.4) is 0 Å². The number of anilines is 1. The lowest BCUT2D eigenvalue weighted by Gasteiger charge is -2.16. The minimum atomic E-state index is 0.230. The highest BCUT2D eigenvalue weighted by atomic mass is 16.2. The third-order valence-corrected chi connectivity index (χ3v) is 3.50. The smallest absolute Gasteiger partial charge is 0.227 e. The van der Waals surface area contributed by atoms with Gasteiger partial charge in [-0.05, 0) is 24.1 Å². The third kappa shape index (κ3) is 2.88. The Morgan fingerprint density at radius 3 is 2.75 bits per heavy atom. The van der Waals surface area contributed by atoms with Crippen molar-refractivity contribution in [3.8, 4) is 0 Å². The van der Waals surface area contributed by atoms with Crippen molar-refractivity contribution < 1.29 is 4.79 Å². The maximum Gasteiger partial charge on any atom is 0.227 e. The van der Waals surface area contributed by atoms with Gasteiger partial charge in [-0.15, -0.1) is 0 Å². The van der Waals surface area contributed by atoms with E-state index in [4.69, 9.17) is 0 Å².